The number of benzene rings is 1. The molecule has 0 fully saturated rings. The van der Waals surface area contributed by atoms with E-state index < -0.39 is 30.0 Å². The smallest absolute Gasteiger partial charge is 0.305 e. The number of halogens is 1. The normalized spacial score (nSPS) is 13.7. The van der Waals surface area contributed by atoms with Crippen molar-refractivity contribution < 1.29 is 24.5 Å². The zero-order valence-corrected chi connectivity index (χ0v) is 20.1. The molecule has 186 valence electrons. The van der Waals surface area contributed by atoms with E-state index in [9.17, 15) is 19.4 Å². The van der Waals surface area contributed by atoms with Crippen molar-refractivity contribution >= 4 is 18.1 Å². The third kappa shape index (κ3) is 6.49. The molecule has 35 heavy (non-hydrogen) atoms. The van der Waals surface area contributed by atoms with Gasteiger partial charge in [0.1, 0.15) is 17.3 Å². The molecule has 3 aromatic rings. The second-order valence-corrected chi connectivity index (χ2v) is 9.17. The Bertz CT molecular complexity index is 1200. The van der Waals surface area contributed by atoms with E-state index in [0.717, 1.165) is 0 Å². The molecule has 0 spiro atoms. The van der Waals surface area contributed by atoms with Crippen LogP contribution in [0.15, 0.2) is 42.6 Å². The number of nitrogens with zero attached hydrogens (tertiary/aromatic N) is 4. The van der Waals surface area contributed by atoms with Gasteiger partial charge in [0.05, 0.1) is 30.0 Å². The maximum atomic E-state index is 13.7. The van der Waals surface area contributed by atoms with Gasteiger partial charge in [-0.25, -0.2) is 19.3 Å². The number of aliphatic carboxylic acids is 1. The molecule has 9 nitrogen and oxygen atoms in total. The second kappa shape index (κ2) is 10.7. The third-order valence-electron chi connectivity index (χ3n) is 5.20. The van der Waals surface area contributed by atoms with Gasteiger partial charge in [-0.05, 0) is 36.4 Å². The first-order valence-electron chi connectivity index (χ1n) is 11.2. The molecule has 0 aliphatic carbocycles. The Labute approximate surface area is 203 Å². The highest BCUT2D eigenvalue weighted by molar-refractivity contribution is 5.79. The minimum Gasteiger partial charge on any atom is -0.481 e. The molecule has 2 atom stereocenters. The van der Waals surface area contributed by atoms with Crippen LogP contribution in [0.5, 0.6) is 0 Å². The van der Waals surface area contributed by atoms with Gasteiger partial charge in [-0.3, -0.25) is 4.79 Å². The summed E-state index contributed by atoms with van der Waals surface area (Å²) in [5, 5.41) is 32.1. The Morgan fingerprint density at radius 2 is 1.86 bits per heavy atom. The molecule has 1 aromatic carbocycles. The van der Waals surface area contributed by atoms with E-state index in [2.05, 4.69) is 15.3 Å². The van der Waals surface area contributed by atoms with Crippen LogP contribution in [0.1, 0.15) is 39.4 Å². The predicted octanol–water partition coefficient (Wildman–Crippen LogP) is 3.54. The van der Waals surface area contributed by atoms with E-state index >= 15 is 0 Å². The molecule has 4 N–H and O–H groups in total. The summed E-state index contributed by atoms with van der Waals surface area (Å²) in [5.74, 6) is -0.452. The maximum absolute atomic E-state index is 13.7. The summed E-state index contributed by atoms with van der Waals surface area (Å²) in [7, 11) is 1.71. The molecule has 0 aliphatic heterocycles. The van der Waals surface area contributed by atoms with E-state index in [1.165, 1.54) is 18.2 Å². The van der Waals surface area contributed by atoms with E-state index in [1.54, 1.807) is 42.2 Å². The van der Waals surface area contributed by atoms with Crippen molar-refractivity contribution in [3.05, 3.63) is 54.2 Å². The molecule has 0 unspecified atom stereocenters. The van der Waals surface area contributed by atoms with Gasteiger partial charge in [0.25, 0.3) is 0 Å². The average Bonchev–Trinajstić information content (AvgIpc) is 3.17. The Hall–Kier alpha value is -3.63. The first-order valence-corrected chi connectivity index (χ1v) is 11.2. The van der Waals surface area contributed by atoms with Crippen molar-refractivity contribution in [2.45, 2.75) is 51.2 Å². The standard InChI is InChI=1S/C25H30FN5O4/c1-25(2,3)23-30-21(19-9-11-28-24(27-4)29-19)22(15-5-7-16(26)8-6-15)31(23)12-10-17(32)13-18(33)14-20(34)35/h5-12,17-18,32-33H,13-14H2,1-4H3,(H,34,35)(H,27,28,29)/t17-,18-/m1/s1. The molecule has 0 saturated heterocycles. The van der Waals surface area contributed by atoms with E-state index in [0.29, 0.717) is 34.4 Å². The van der Waals surface area contributed by atoms with Crippen molar-refractivity contribution in [2.24, 2.45) is 0 Å². The van der Waals surface area contributed by atoms with E-state index in [-0.39, 0.29) is 12.2 Å². The lowest BCUT2D eigenvalue weighted by atomic mass is 9.95. The number of anilines is 1. The largest absolute Gasteiger partial charge is 0.481 e. The van der Waals surface area contributed by atoms with Gasteiger partial charge in [-0.15, -0.1) is 0 Å². The van der Waals surface area contributed by atoms with Crippen LogP contribution in [-0.2, 0) is 10.2 Å². The van der Waals surface area contributed by atoms with Gasteiger partial charge >= 0.3 is 5.97 Å². The van der Waals surface area contributed by atoms with Crippen LogP contribution >= 0.6 is 0 Å². The highest BCUT2D eigenvalue weighted by atomic mass is 19.1. The number of rotatable bonds is 9. The Kier molecular flexibility index (Phi) is 7.98. The molecule has 0 radical (unpaired) electrons. The highest BCUT2D eigenvalue weighted by Crippen LogP contribution is 2.36. The van der Waals surface area contributed by atoms with Crippen molar-refractivity contribution in [3.63, 3.8) is 0 Å². The quantitative estimate of drug-likeness (QED) is 0.363. The summed E-state index contributed by atoms with van der Waals surface area (Å²) in [5.41, 5.74) is 1.98. The van der Waals surface area contributed by atoms with Crippen molar-refractivity contribution in [2.75, 3.05) is 12.4 Å². The SMILES string of the molecule is CNc1nccc(-c2nc(C(C)(C)C)n(C=C[C@@H](O)C[C@@H](O)CC(=O)O)c2-c2ccc(F)cc2)n1. The van der Waals surface area contributed by atoms with Gasteiger partial charge in [0.2, 0.25) is 5.95 Å². The maximum Gasteiger partial charge on any atom is 0.305 e. The van der Waals surface area contributed by atoms with Crippen LogP contribution in [0.4, 0.5) is 10.3 Å². The van der Waals surface area contributed by atoms with Gasteiger partial charge < -0.3 is 25.2 Å². The summed E-state index contributed by atoms with van der Waals surface area (Å²) >= 11 is 0. The lowest BCUT2D eigenvalue weighted by Crippen LogP contribution is -2.20. The summed E-state index contributed by atoms with van der Waals surface area (Å²) in [6.45, 7) is 5.97. The number of hydrogen-bond acceptors (Lipinski definition) is 7. The average molecular weight is 484 g/mol. The minimum atomic E-state index is -1.19. The number of imidazole rings is 1. The van der Waals surface area contributed by atoms with Gasteiger partial charge in [0.15, 0.2) is 0 Å². The van der Waals surface area contributed by atoms with Crippen LogP contribution < -0.4 is 5.32 Å². The summed E-state index contributed by atoms with van der Waals surface area (Å²) in [4.78, 5) is 24.4. The van der Waals surface area contributed by atoms with Gasteiger partial charge in [-0.2, -0.15) is 0 Å². The van der Waals surface area contributed by atoms with Crippen LogP contribution in [0.3, 0.4) is 0 Å². The van der Waals surface area contributed by atoms with Crippen LogP contribution in [0.2, 0.25) is 0 Å². The lowest BCUT2D eigenvalue weighted by molar-refractivity contribution is -0.139. The monoisotopic (exact) mass is 483 g/mol. The molecule has 3 rings (SSSR count). The van der Waals surface area contributed by atoms with Crippen molar-refractivity contribution in [1.82, 2.24) is 19.5 Å². The van der Waals surface area contributed by atoms with E-state index in [4.69, 9.17) is 10.1 Å². The summed E-state index contributed by atoms with van der Waals surface area (Å²) < 4.78 is 15.5. The van der Waals surface area contributed by atoms with Gasteiger partial charge in [-0.1, -0.05) is 20.8 Å². The minimum absolute atomic E-state index is 0.140. The zero-order valence-electron chi connectivity index (χ0n) is 20.1. The number of aliphatic hydroxyl groups is 2. The number of carbonyl (C=O) groups is 1. The lowest BCUT2D eigenvalue weighted by Gasteiger charge is -2.19. The number of nitrogens with one attached hydrogen (secondary N) is 1. The van der Waals surface area contributed by atoms with Crippen LogP contribution in [0, 0.1) is 5.82 Å². The molecule has 10 heteroatoms. The Morgan fingerprint density at radius 3 is 2.46 bits per heavy atom. The van der Waals surface area contributed by atoms with Gasteiger partial charge in [0, 0.05) is 36.8 Å². The fourth-order valence-corrected chi connectivity index (χ4v) is 3.61. The molecule has 0 amide bonds. The number of carboxylic acids is 1. The number of aromatic nitrogens is 4. The number of hydrogen-bond donors (Lipinski definition) is 4. The first kappa shape index (κ1) is 26.0. The summed E-state index contributed by atoms with van der Waals surface area (Å²) in [6, 6.07) is 7.72. The molecule has 2 heterocycles. The van der Waals surface area contributed by atoms with Crippen molar-refractivity contribution in [3.8, 4) is 22.6 Å². The number of carboxylic acid groups (broad SMARTS) is 1. The fourth-order valence-electron chi connectivity index (χ4n) is 3.61. The zero-order chi connectivity index (χ0) is 25.8. The Balaban J connectivity index is 2.17. The molecule has 2 aromatic heterocycles. The van der Waals surface area contributed by atoms with Crippen molar-refractivity contribution in [1.29, 1.82) is 0 Å². The highest BCUT2D eigenvalue weighted by Gasteiger charge is 2.27. The van der Waals surface area contributed by atoms with Crippen LogP contribution in [-0.4, -0.2) is 60.1 Å². The number of aliphatic hydroxyl groups excluding tert-OH is 2. The second-order valence-electron chi connectivity index (χ2n) is 9.17. The molecule has 0 aliphatic rings. The summed E-state index contributed by atoms with van der Waals surface area (Å²) in [6.07, 6.45) is 1.83. The predicted molar refractivity (Wildman–Crippen MR) is 131 cm³/mol. The van der Waals surface area contributed by atoms with E-state index in [1.807, 2.05) is 20.8 Å². The topological polar surface area (TPSA) is 133 Å². The first-order chi connectivity index (χ1) is 16.5. The third-order valence-corrected chi connectivity index (χ3v) is 5.20. The Morgan fingerprint density at radius 1 is 1.17 bits per heavy atom. The molecular weight excluding hydrogens is 453 g/mol. The molecule has 0 saturated carbocycles. The molecular formula is C25H30FN5O4. The van der Waals surface area contributed by atoms with Crippen LogP contribution in [0.25, 0.3) is 28.8 Å². The molecule has 0 bridgehead atoms. The fraction of sp³-hybridized carbons (Fsp3) is 0.360.